The molecule has 0 saturated carbocycles. The minimum atomic E-state index is -5.08. The maximum Gasteiger partial charge on any atom is 0.490 e. The van der Waals surface area contributed by atoms with Gasteiger partial charge in [0.1, 0.15) is 11.4 Å². The third kappa shape index (κ3) is 6.94. The standard InChI is InChI=1S/C27H34N4O2.C2HF3O2/c1-2-4-26-22(3-1)18-31(17-21-6-13-32-14-7-21)20-27(33-26)8-11-30(12-9-27)19-23-15-29-25-16-28-10-5-24(23)25;3-2(4,5)1(6)7/h1-5,10,15-16,21,29H,6-9,11-14,17-20H2;(H,6,7). The van der Waals surface area contributed by atoms with Crippen LogP contribution in [0.3, 0.4) is 0 Å². The number of aromatic amines is 1. The summed E-state index contributed by atoms with van der Waals surface area (Å²) in [6.45, 7) is 8.08. The molecule has 0 bridgehead atoms. The van der Waals surface area contributed by atoms with Crippen molar-refractivity contribution in [2.24, 2.45) is 5.92 Å². The summed E-state index contributed by atoms with van der Waals surface area (Å²) in [7, 11) is 0. The first kappa shape index (κ1) is 28.4. The van der Waals surface area contributed by atoms with Gasteiger partial charge < -0.3 is 19.6 Å². The Kier molecular flexibility index (Phi) is 8.62. The van der Waals surface area contributed by atoms with Crippen molar-refractivity contribution in [1.82, 2.24) is 19.8 Å². The minimum Gasteiger partial charge on any atom is -0.486 e. The van der Waals surface area contributed by atoms with Crippen LogP contribution in [0.5, 0.6) is 5.75 Å². The lowest BCUT2D eigenvalue weighted by molar-refractivity contribution is -0.192. The normalized spacial score (nSPS) is 20.3. The number of rotatable bonds is 4. The van der Waals surface area contributed by atoms with Gasteiger partial charge in [-0.15, -0.1) is 0 Å². The summed E-state index contributed by atoms with van der Waals surface area (Å²) < 4.78 is 44.2. The number of piperidine rings is 1. The van der Waals surface area contributed by atoms with Crippen LogP contribution in [0.2, 0.25) is 0 Å². The fourth-order valence-corrected chi connectivity index (χ4v) is 5.91. The van der Waals surface area contributed by atoms with Crippen LogP contribution in [0.25, 0.3) is 10.9 Å². The van der Waals surface area contributed by atoms with Gasteiger partial charge in [0.2, 0.25) is 0 Å². The Labute approximate surface area is 231 Å². The number of carboxylic acids is 1. The summed E-state index contributed by atoms with van der Waals surface area (Å²) in [5.41, 5.74) is 3.71. The van der Waals surface area contributed by atoms with Crippen molar-refractivity contribution in [3.8, 4) is 5.75 Å². The molecule has 5 heterocycles. The number of para-hydroxylation sites is 1. The number of likely N-dealkylation sites (tertiary alicyclic amines) is 1. The molecule has 0 unspecified atom stereocenters. The van der Waals surface area contributed by atoms with E-state index in [0.29, 0.717) is 0 Å². The Hall–Kier alpha value is -3.15. The Morgan fingerprint density at radius 1 is 1.12 bits per heavy atom. The zero-order valence-electron chi connectivity index (χ0n) is 22.3. The number of H-pyrrole nitrogens is 1. The predicted octanol–water partition coefficient (Wildman–Crippen LogP) is 4.85. The lowest BCUT2D eigenvalue weighted by atomic mass is 9.89. The van der Waals surface area contributed by atoms with Gasteiger partial charge in [-0.1, -0.05) is 18.2 Å². The number of nitrogens with one attached hydrogen (secondary N) is 1. The molecule has 2 fully saturated rings. The average Bonchev–Trinajstić information content (AvgIpc) is 3.27. The second-order valence-electron chi connectivity index (χ2n) is 10.9. The molecule has 3 aliphatic heterocycles. The van der Waals surface area contributed by atoms with E-state index in [9.17, 15) is 13.2 Å². The van der Waals surface area contributed by atoms with Crippen LogP contribution in [-0.2, 0) is 22.6 Å². The van der Waals surface area contributed by atoms with Crippen molar-refractivity contribution in [3.63, 3.8) is 0 Å². The monoisotopic (exact) mass is 560 g/mol. The lowest BCUT2D eigenvalue weighted by Gasteiger charge is -2.43. The zero-order valence-corrected chi connectivity index (χ0v) is 22.3. The molecule has 1 spiro atoms. The molecule has 0 aliphatic carbocycles. The van der Waals surface area contributed by atoms with E-state index in [1.807, 2.05) is 12.4 Å². The first-order chi connectivity index (χ1) is 19.2. The van der Waals surface area contributed by atoms with E-state index in [0.717, 1.165) is 82.5 Å². The van der Waals surface area contributed by atoms with E-state index in [4.69, 9.17) is 19.4 Å². The number of carboxylic acid groups (broad SMARTS) is 1. The largest absolute Gasteiger partial charge is 0.490 e. The average molecular weight is 561 g/mol. The smallest absolute Gasteiger partial charge is 0.486 e. The number of hydrogen-bond donors (Lipinski definition) is 2. The summed E-state index contributed by atoms with van der Waals surface area (Å²) in [6.07, 6.45) is 5.35. The van der Waals surface area contributed by atoms with Gasteiger partial charge in [0.25, 0.3) is 0 Å². The SMILES string of the molecule is O=C(O)C(F)(F)F.c1ccc2c(c1)CN(CC1CCOCC1)CC1(CCN(Cc3c[nH]c4cnccc34)CC1)O2. The molecule has 2 aromatic heterocycles. The number of benzene rings is 1. The van der Waals surface area contributed by atoms with Crippen LogP contribution < -0.4 is 4.74 Å². The fraction of sp³-hybridized carbons (Fsp3) is 0.517. The van der Waals surface area contributed by atoms with Gasteiger partial charge in [0.05, 0.1) is 11.7 Å². The molecule has 6 rings (SSSR count). The number of aliphatic carboxylic acids is 1. The highest BCUT2D eigenvalue weighted by molar-refractivity contribution is 5.82. The number of halogens is 3. The van der Waals surface area contributed by atoms with Crippen LogP contribution in [0.15, 0.2) is 48.9 Å². The topological polar surface area (TPSA) is 90.9 Å². The maximum atomic E-state index is 10.6. The van der Waals surface area contributed by atoms with E-state index < -0.39 is 12.1 Å². The van der Waals surface area contributed by atoms with E-state index in [1.54, 1.807) is 0 Å². The van der Waals surface area contributed by atoms with Crippen LogP contribution in [-0.4, -0.2) is 82.0 Å². The van der Waals surface area contributed by atoms with Gasteiger partial charge in [-0.2, -0.15) is 13.2 Å². The summed E-state index contributed by atoms with van der Waals surface area (Å²) in [5.74, 6) is -0.936. The summed E-state index contributed by atoms with van der Waals surface area (Å²) in [5, 5.41) is 8.41. The summed E-state index contributed by atoms with van der Waals surface area (Å²) in [4.78, 5) is 21.7. The molecule has 216 valence electrons. The quantitative estimate of drug-likeness (QED) is 0.472. The zero-order chi connectivity index (χ0) is 28.2. The van der Waals surface area contributed by atoms with Crippen molar-refractivity contribution < 1.29 is 32.5 Å². The van der Waals surface area contributed by atoms with Gasteiger partial charge in [-0.05, 0) is 36.5 Å². The number of pyridine rings is 1. The van der Waals surface area contributed by atoms with Crippen LogP contribution in [0, 0.1) is 5.92 Å². The molecule has 0 atom stereocenters. The van der Waals surface area contributed by atoms with Crippen LogP contribution in [0.4, 0.5) is 13.2 Å². The first-order valence-corrected chi connectivity index (χ1v) is 13.7. The number of aromatic nitrogens is 2. The number of alkyl halides is 3. The van der Waals surface area contributed by atoms with E-state index in [2.05, 4.69) is 56.3 Å². The molecular formula is C29H35F3N4O4. The van der Waals surface area contributed by atoms with Crippen molar-refractivity contribution >= 4 is 16.9 Å². The lowest BCUT2D eigenvalue weighted by Crippen LogP contribution is -2.53. The molecule has 40 heavy (non-hydrogen) atoms. The van der Waals surface area contributed by atoms with Gasteiger partial charge in [-0.25, -0.2) is 4.79 Å². The Morgan fingerprint density at radius 3 is 2.58 bits per heavy atom. The van der Waals surface area contributed by atoms with Crippen molar-refractivity contribution in [3.05, 3.63) is 60.0 Å². The Balaban J connectivity index is 0.000000411. The maximum absolute atomic E-state index is 10.6. The fourth-order valence-electron chi connectivity index (χ4n) is 5.91. The second kappa shape index (κ2) is 12.2. The third-order valence-corrected chi connectivity index (χ3v) is 8.03. The number of fused-ring (bicyclic) bond motifs is 2. The van der Waals surface area contributed by atoms with Gasteiger partial charge in [0, 0.05) is 88.7 Å². The van der Waals surface area contributed by atoms with Gasteiger partial charge >= 0.3 is 12.1 Å². The molecule has 2 saturated heterocycles. The highest BCUT2D eigenvalue weighted by atomic mass is 19.4. The summed E-state index contributed by atoms with van der Waals surface area (Å²) >= 11 is 0. The number of nitrogens with zero attached hydrogens (tertiary/aromatic N) is 3. The predicted molar refractivity (Wildman–Crippen MR) is 143 cm³/mol. The molecule has 0 radical (unpaired) electrons. The Bertz CT molecular complexity index is 1280. The molecular weight excluding hydrogens is 525 g/mol. The van der Waals surface area contributed by atoms with E-state index >= 15 is 0 Å². The third-order valence-electron chi connectivity index (χ3n) is 8.03. The molecule has 8 nitrogen and oxygen atoms in total. The highest BCUT2D eigenvalue weighted by Gasteiger charge is 2.41. The molecule has 11 heteroatoms. The van der Waals surface area contributed by atoms with Gasteiger partial charge in [0.15, 0.2) is 0 Å². The number of hydrogen-bond acceptors (Lipinski definition) is 6. The van der Waals surface area contributed by atoms with Crippen LogP contribution >= 0.6 is 0 Å². The molecule has 0 amide bonds. The highest BCUT2D eigenvalue weighted by Crippen LogP contribution is 2.36. The molecule has 1 aromatic carbocycles. The second-order valence-corrected chi connectivity index (χ2v) is 10.9. The summed E-state index contributed by atoms with van der Waals surface area (Å²) in [6, 6.07) is 10.8. The minimum absolute atomic E-state index is 0.0988. The van der Waals surface area contributed by atoms with Gasteiger partial charge in [-0.3, -0.25) is 14.8 Å². The van der Waals surface area contributed by atoms with Crippen LogP contribution in [0.1, 0.15) is 36.8 Å². The Morgan fingerprint density at radius 2 is 1.85 bits per heavy atom. The molecule has 2 N–H and O–H groups in total. The number of carbonyl (C=O) groups is 1. The van der Waals surface area contributed by atoms with E-state index in [-0.39, 0.29) is 5.60 Å². The molecule has 3 aromatic rings. The van der Waals surface area contributed by atoms with Crippen molar-refractivity contribution in [1.29, 1.82) is 0 Å². The van der Waals surface area contributed by atoms with Crippen molar-refractivity contribution in [2.75, 3.05) is 39.4 Å². The van der Waals surface area contributed by atoms with Crippen molar-refractivity contribution in [2.45, 2.75) is 50.6 Å². The van der Waals surface area contributed by atoms with E-state index in [1.165, 1.54) is 29.4 Å². The first-order valence-electron chi connectivity index (χ1n) is 13.7. The number of ether oxygens (including phenoxy) is 2. The molecule has 3 aliphatic rings.